The van der Waals surface area contributed by atoms with Crippen LogP contribution in [0.25, 0.3) is 0 Å². The van der Waals surface area contributed by atoms with Crippen molar-refractivity contribution in [3.8, 4) is 11.5 Å². The molecule has 1 aromatic rings. The van der Waals surface area contributed by atoms with Crippen LogP contribution < -0.4 is 14.8 Å². The molecule has 0 bridgehead atoms. The monoisotopic (exact) mass is 341 g/mol. The van der Waals surface area contributed by atoms with Gasteiger partial charge in [0.2, 0.25) is 0 Å². The normalized spacial score (nSPS) is 16.6. The molecule has 1 aliphatic rings. The second-order valence-electron chi connectivity index (χ2n) is 5.81. The first kappa shape index (κ1) is 15.6. The van der Waals surface area contributed by atoms with Crippen molar-refractivity contribution in [2.75, 3.05) is 20.3 Å². The topological polar surface area (TPSA) is 30.5 Å². The van der Waals surface area contributed by atoms with Gasteiger partial charge in [-0.2, -0.15) is 0 Å². The molecule has 0 saturated heterocycles. The van der Waals surface area contributed by atoms with E-state index in [1.165, 1.54) is 24.8 Å². The molecular weight excluding hydrogens is 318 g/mol. The van der Waals surface area contributed by atoms with E-state index in [0.29, 0.717) is 12.0 Å². The zero-order chi connectivity index (χ0) is 14.6. The lowest BCUT2D eigenvalue weighted by molar-refractivity contribution is 0.156. The van der Waals surface area contributed by atoms with Gasteiger partial charge in [0.15, 0.2) is 11.5 Å². The van der Waals surface area contributed by atoms with Crippen LogP contribution in [0.1, 0.15) is 38.7 Å². The van der Waals surface area contributed by atoms with Crippen molar-refractivity contribution in [2.24, 2.45) is 5.41 Å². The zero-order valence-electron chi connectivity index (χ0n) is 12.6. The van der Waals surface area contributed by atoms with Gasteiger partial charge in [-0.15, -0.1) is 0 Å². The minimum absolute atomic E-state index is 0.507. The van der Waals surface area contributed by atoms with Gasteiger partial charge in [0.1, 0.15) is 0 Å². The second kappa shape index (κ2) is 6.81. The first-order valence-electron chi connectivity index (χ1n) is 7.28. The summed E-state index contributed by atoms with van der Waals surface area (Å²) >= 11 is 3.56. The molecule has 0 radical (unpaired) electrons. The van der Waals surface area contributed by atoms with Crippen molar-refractivity contribution in [2.45, 2.75) is 39.7 Å². The van der Waals surface area contributed by atoms with Gasteiger partial charge in [0, 0.05) is 13.1 Å². The Balaban J connectivity index is 1.99. The Labute approximate surface area is 130 Å². The Bertz CT molecular complexity index is 458. The van der Waals surface area contributed by atoms with Gasteiger partial charge in [-0.25, -0.2) is 0 Å². The summed E-state index contributed by atoms with van der Waals surface area (Å²) in [5, 5.41) is 3.56. The van der Waals surface area contributed by atoms with Crippen LogP contribution in [0.2, 0.25) is 0 Å². The van der Waals surface area contributed by atoms with Crippen LogP contribution in [-0.4, -0.2) is 20.3 Å². The zero-order valence-corrected chi connectivity index (χ0v) is 14.2. The summed E-state index contributed by atoms with van der Waals surface area (Å²) in [5.74, 6) is 1.57. The van der Waals surface area contributed by atoms with E-state index >= 15 is 0 Å². The summed E-state index contributed by atoms with van der Waals surface area (Å²) in [5.41, 5.74) is 1.71. The molecule has 1 aliphatic carbocycles. The van der Waals surface area contributed by atoms with Crippen LogP contribution in [0.5, 0.6) is 11.5 Å². The fraction of sp³-hybridized carbons (Fsp3) is 0.625. The molecule has 4 heteroatoms. The highest BCUT2D eigenvalue weighted by atomic mass is 79.9. The lowest BCUT2D eigenvalue weighted by atomic mass is 9.70. The fourth-order valence-corrected chi connectivity index (χ4v) is 3.23. The quantitative estimate of drug-likeness (QED) is 0.808. The number of hydrogen-bond donors (Lipinski definition) is 1. The number of benzene rings is 1. The van der Waals surface area contributed by atoms with Crippen LogP contribution in [0.4, 0.5) is 0 Å². The van der Waals surface area contributed by atoms with Gasteiger partial charge in [-0.3, -0.25) is 0 Å². The summed E-state index contributed by atoms with van der Waals surface area (Å²) in [6.07, 6.45) is 4.06. The number of ether oxygens (including phenoxy) is 2. The molecule has 1 aromatic carbocycles. The molecular formula is C16H24BrNO2. The maximum atomic E-state index is 5.61. The third kappa shape index (κ3) is 3.67. The molecule has 20 heavy (non-hydrogen) atoms. The Morgan fingerprint density at radius 3 is 2.65 bits per heavy atom. The van der Waals surface area contributed by atoms with E-state index in [-0.39, 0.29) is 0 Å². The van der Waals surface area contributed by atoms with Crippen molar-refractivity contribution in [3.63, 3.8) is 0 Å². The first-order chi connectivity index (χ1) is 9.58. The minimum atomic E-state index is 0.507. The van der Waals surface area contributed by atoms with Gasteiger partial charge in [0.25, 0.3) is 0 Å². The average molecular weight is 342 g/mol. The molecule has 112 valence electrons. The molecule has 0 unspecified atom stereocenters. The Morgan fingerprint density at radius 1 is 1.35 bits per heavy atom. The maximum Gasteiger partial charge on any atom is 0.175 e. The van der Waals surface area contributed by atoms with Crippen LogP contribution in [-0.2, 0) is 6.54 Å². The van der Waals surface area contributed by atoms with Crippen LogP contribution >= 0.6 is 15.9 Å². The van der Waals surface area contributed by atoms with Gasteiger partial charge >= 0.3 is 0 Å². The summed E-state index contributed by atoms with van der Waals surface area (Å²) in [7, 11) is 1.68. The minimum Gasteiger partial charge on any atom is -0.493 e. The van der Waals surface area contributed by atoms with E-state index in [1.54, 1.807) is 7.11 Å². The van der Waals surface area contributed by atoms with Gasteiger partial charge in [-0.05, 0) is 58.8 Å². The lowest BCUT2D eigenvalue weighted by Crippen LogP contribution is -2.36. The number of methoxy groups -OCH3 is 1. The molecule has 1 N–H and O–H groups in total. The van der Waals surface area contributed by atoms with Gasteiger partial charge < -0.3 is 14.8 Å². The molecule has 0 spiro atoms. The first-order valence-corrected chi connectivity index (χ1v) is 8.07. The highest BCUT2D eigenvalue weighted by Crippen LogP contribution is 2.40. The number of hydrogen-bond acceptors (Lipinski definition) is 3. The van der Waals surface area contributed by atoms with Crippen molar-refractivity contribution >= 4 is 15.9 Å². The summed E-state index contributed by atoms with van der Waals surface area (Å²) in [6.45, 7) is 6.90. The Kier molecular flexibility index (Phi) is 5.33. The molecule has 0 aromatic heterocycles. The highest BCUT2D eigenvalue weighted by Gasteiger charge is 2.30. The van der Waals surface area contributed by atoms with Gasteiger partial charge in [-0.1, -0.05) is 13.3 Å². The molecule has 2 rings (SSSR count). The van der Waals surface area contributed by atoms with E-state index in [9.17, 15) is 0 Å². The van der Waals surface area contributed by atoms with E-state index in [2.05, 4.69) is 34.2 Å². The third-order valence-corrected chi connectivity index (χ3v) is 4.61. The Hall–Kier alpha value is -0.740. The molecule has 1 saturated carbocycles. The molecule has 1 fully saturated rings. The predicted molar refractivity (Wildman–Crippen MR) is 85.5 cm³/mol. The van der Waals surface area contributed by atoms with Crippen molar-refractivity contribution in [3.05, 3.63) is 22.2 Å². The second-order valence-corrected chi connectivity index (χ2v) is 6.66. The van der Waals surface area contributed by atoms with E-state index in [0.717, 1.165) is 29.1 Å². The fourth-order valence-electron chi connectivity index (χ4n) is 2.63. The molecule has 0 heterocycles. The standard InChI is InChI=1S/C16H24BrNO2/c1-4-20-15-13(17)8-12(9-14(15)19-3)10-18-11-16(2)6-5-7-16/h8-9,18H,4-7,10-11H2,1-3H3. The Morgan fingerprint density at radius 2 is 2.10 bits per heavy atom. The van der Waals surface area contributed by atoms with E-state index in [4.69, 9.17) is 9.47 Å². The summed E-state index contributed by atoms with van der Waals surface area (Å²) in [6, 6.07) is 4.15. The average Bonchev–Trinajstić information content (AvgIpc) is 2.39. The highest BCUT2D eigenvalue weighted by molar-refractivity contribution is 9.10. The largest absolute Gasteiger partial charge is 0.493 e. The van der Waals surface area contributed by atoms with Crippen molar-refractivity contribution < 1.29 is 9.47 Å². The smallest absolute Gasteiger partial charge is 0.175 e. The summed E-state index contributed by atoms with van der Waals surface area (Å²) in [4.78, 5) is 0. The van der Waals surface area contributed by atoms with Crippen LogP contribution in [0.15, 0.2) is 16.6 Å². The van der Waals surface area contributed by atoms with E-state index in [1.807, 2.05) is 13.0 Å². The third-order valence-electron chi connectivity index (χ3n) is 4.02. The molecule has 0 atom stereocenters. The lowest BCUT2D eigenvalue weighted by Gasteiger charge is -2.38. The molecule has 0 aliphatic heterocycles. The van der Waals surface area contributed by atoms with Gasteiger partial charge in [0.05, 0.1) is 18.2 Å². The SMILES string of the molecule is CCOc1c(Br)cc(CNCC2(C)CCC2)cc1OC. The van der Waals surface area contributed by atoms with Crippen molar-refractivity contribution in [1.29, 1.82) is 0 Å². The predicted octanol–water partition coefficient (Wildman–Crippen LogP) is 4.14. The molecule has 0 amide bonds. The number of nitrogens with one attached hydrogen (secondary N) is 1. The number of rotatable bonds is 7. The maximum absolute atomic E-state index is 5.61. The molecule has 3 nitrogen and oxygen atoms in total. The van der Waals surface area contributed by atoms with Crippen LogP contribution in [0.3, 0.4) is 0 Å². The summed E-state index contributed by atoms with van der Waals surface area (Å²) < 4.78 is 12.0. The van der Waals surface area contributed by atoms with E-state index < -0.39 is 0 Å². The number of halogens is 1. The van der Waals surface area contributed by atoms with Crippen molar-refractivity contribution in [1.82, 2.24) is 5.32 Å². The van der Waals surface area contributed by atoms with Crippen LogP contribution in [0, 0.1) is 5.41 Å².